The Hall–Kier alpha value is -1.75. The van der Waals surface area contributed by atoms with E-state index in [0.29, 0.717) is 5.82 Å². The molecule has 1 fully saturated rings. The lowest BCUT2D eigenvalue weighted by Crippen LogP contribution is -2.45. The van der Waals surface area contributed by atoms with Crippen molar-refractivity contribution in [2.75, 3.05) is 0 Å². The number of rotatable bonds is 3. The minimum atomic E-state index is -0.205. The molecule has 0 saturated heterocycles. The molecule has 0 bridgehead atoms. The number of H-pyrrole nitrogens is 1. The van der Waals surface area contributed by atoms with Crippen LogP contribution in [0.3, 0.4) is 0 Å². The highest BCUT2D eigenvalue weighted by atomic mass is 15.5. The molecule has 0 amide bonds. The predicted octanol–water partition coefficient (Wildman–Crippen LogP) is 1.64. The van der Waals surface area contributed by atoms with Gasteiger partial charge in [0.2, 0.25) is 5.82 Å². The predicted molar refractivity (Wildman–Crippen MR) is 68.8 cm³/mol. The van der Waals surface area contributed by atoms with E-state index in [1.165, 1.54) is 5.56 Å². The molecule has 1 aliphatic rings. The van der Waals surface area contributed by atoms with E-state index in [1.807, 2.05) is 12.1 Å². The van der Waals surface area contributed by atoms with Crippen molar-refractivity contribution in [1.29, 1.82) is 0 Å². The van der Waals surface area contributed by atoms with Crippen LogP contribution in [0.1, 0.15) is 32.3 Å². The molecule has 5 nitrogen and oxygen atoms in total. The quantitative estimate of drug-likeness (QED) is 0.858. The summed E-state index contributed by atoms with van der Waals surface area (Å²) < 4.78 is 0. The topological polar surface area (TPSA) is 80.5 Å². The van der Waals surface area contributed by atoms with Gasteiger partial charge in [0.15, 0.2) is 0 Å². The molecule has 1 aromatic heterocycles. The van der Waals surface area contributed by atoms with E-state index in [2.05, 4.69) is 46.6 Å². The second-order valence-corrected chi connectivity index (χ2v) is 5.62. The average Bonchev–Trinajstić information content (AvgIpc) is 2.99. The summed E-state index contributed by atoms with van der Waals surface area (Å²) >= 11 is 0. The SMILES string of the molecule is CC(C)(N)C1(c2cccc(-c3nn[nH]n3)c2)CC1. The fourth-order valence-electron chi connectivity index (χ4n) is 2.67. The molecule has 3 N–H and O–H groups in total. The Labute approximate surface area is 106 Å². The number of nitrogens with zero attached hydrogens (tertiary/aromatic N) is 3. The third-order valence-corrected chi connectivity index (χ3v) is 4.00. The Bertz CT molecular complexity index is 549. The summed E-state index contributed by atoms with van der Waals surface area (Å²) in [5.74, 6) is 0.627. The van der Waals surface area contributed by atoms with Crippen LogP contribution < -0.4 is 5.73 Å². The van der Waals surface area contributed by atoms with Crippen molar-refractivity contribution in [3.8, 4) is 11.4 Å². The Morgan fingerprint density at radius 2 is 2.11 bits per heavy atom. The van der Waals surface area contributed by atoms with Gasteiger partial charge in [0.25, 0.3) is 0 Å². The second-order valence-electron chi connectivity index (χ2n) is 5.62. The van der Waals surface area contributed by atoms with Gasteiger partial charge in [-0.25, -0.2) is 0 Å². The number of aromatic amines is 1. The van der Waals surface area contributed by atoms with E-state index in [9.17, 15) is 0 Å². The summed E-state index contributed by atoms with van der Waals surface area (Å²) in [6.07, 6.45) is 2.29. The summed E-state index contributed by atoms with van der Waals surface area (Å²) in [4.78, 5) is 0. The van der Waals surface area contributed by atoms with E-state index in [-0.39, 0.29) is 11.0 Å². The molecule has 0 unspecified atom stereocenters. The van der Waals surface area contributed by atoms with Gasteiger partial charge < -0.3 is 5.73 Å². The van der Waals surface area contributed by atoms with Crippen LogP contribution in [0, 0.1) is 0 Å². The van der Waals surface area contributed by atoms with Crippen LogP contribution in [0.25, 0.3) is 11.4 Å². The second kappa shape index (κ2) is 3.62. The van der Waals surface area contributed by atoms with Gasteiger partial charge in [-0.15, -0.1) is 10.2 Å². The number of nitrogens with two attached hydrogens (primary N) is 1. The van der Waals surface area contributed by atoms with Crippen molar-refractivity contribution in [3.05, 3.63) is 29.8 Å². The lowest BCUT2D eigenvalue weighted by Gasteiger charge is -2.31. The summed E-state index contributed by atoms with van der Waals surface area (Å²) in [6, 6.07) is 8.30. The molecule has 5 heteroatoms. The van der Waals surface area contributed by atoms with Crippen LogP contribution in [0.15, 0.2) is 24.3 Å². The normalized spacial score (nSPS) is 17.7. The summed E-state index contributed by atoms with van der Waals surface area (Å²) in [5.41, 5.74) is 8.48. The molecule has 94 valence electrons. The minimum Gasteiger partial charge on any atom is -0.325 e. The zero-order chi connectivity index (χ0) is 12.8. The molecule has 3 rings (SSSR count). The highest BCUT2D eigenvalue weighted by molar-refractivity contribution is 5.57. The molecule has 0 radical (unpaired) electrons. The maximum absolute atomic E-state index is 6.33. The standard InChI is InChI=1S/C13H17N5/c1-12(2,14)13(6-7-13)10-5-3-4-9(8-10)11-15-17-18-16-11/h3-5,8H,6-7,14H2,1-2H3,(H,15,16,17,18). The Balaban J connectivity index is 2.03. The first-order valence-corrected chi connectivity index (χ1v) is 6.16. The first kappa shape index (κ1) is 11.3. The molecule has 1 heterocycles. The van der Waals surface area contributed by atoms with Gasteiger partial charge in [-0.1, -0.05) is 18.2 Å². The summed E-state index contributed by atoms with van der Waals surface area (Å²) in [6.45, 7) is 4.20. The summed E-state index contributed by atoms with van der Waals surface area (Å²) in [5, 5.41) is 14.1. The van der Waals surface area contributed by atoms with Crippen molar-refractivity contribution in [1.82, 2.24) is 20.6 Å². The minimum absolute atomic E-state index is 0.104. The number of benzene rings is 1. The highest BCUT2D eigenvalue weighted by Crippen LogP contribution is 2.54. The van der Waals surface area contributed by atoms with Gasteiger partial charge in [0.1, 0.15) is 0 Å². The van der Waals surface area contributed by atoms with E-state index in [0.717, 1.165) is 18.4 Å². The van der Waals surface area contributed by atoms with Crippen LogP contribution in [0.2, 0.25) is 0 Å². The van der Waals surface area contributed by atoms with Crippen LogP contribution in [-0.4, -0.2) is 26.2 Å². The van der Waals surface area contributed by atoms with Gasteiger partial charge in [0, 0.05) is 16.5 Å². The molecule has 18 heavy (non-hydrogen) atoms. The Kier molecular flexibility index (Phi) is 2.28. The number of tetrazole rings is 1. The maximum atomic E-state index is 6.33. The van der Waals surface area contributed by atoms with Crippen LogP contribution >= 0.6 is 0 Å². The molecule has 0 atom stereocenters. The average molecular weight is 243 g/mol. The molecular formula is C13H17N5. The number of hydrogen-bond donors (Lipinski definition) is 2. The van der Waals surface area contributed by atoms with Crippen molar-refractivity contribution in [2.24, 2.45) is 5.73 Å². The van der Waals surface area contributed by atoms with E-state index in [1.54, 1.807) is 0 Å². The molecule has 1 aliphatic carbocycles. The van der Waals surface area contributed by atoms with Crippen molar-refractivity contribution >= 4 is 0 Å². The molecule has 0 aliphatic heterocycles. The van der Waals surface area contributed by atoms with Gasteiger partial charge in [-0.05, 0) is 43.5 Å². The van der Waals surface area contributed by atoms with Crippen molar-refractivity contribution < 1.29 is 0 Å². The van der Waals surface area contributed by atoms with Crippen LogP contribution in [0.4, 0.5) is 0 Å². The van der Waals surface area contributed by atoms with Gasteiger partial charge in [-0.2, -0.15) is 5.21 Å². The maximum Gasteiger partial charge on any atom is 0.204 e. The number of hydrogen-bond acceptors (Lipinski definition) is 4. The fourth-order valence-corrected chi connectivity index (χ4v) is 2.67. The van der Waals surface area contributed by atoms with E-state index in [4.69, 9.17) is 5.73 Å². The number of aromatic nitrogens is 4. The first-order chi connectivity index (χ1) is 8.53. The molecular weight excluding hydrogens is 226 g/mol. The van der Waals surface area contributed by atoms with Crippen molar-refractivity contribution in [2.45, 2.75) is 37.6 Å². The van der Waals surface area contributed by atoms with E-state index < -0.39 is 0 Å². The van der Waals surface area contributed by atoms with Crippen molar-refractivity contribution in [3.63, 3.8) is 0 Å². The zero-order valence-corrected chi connectivity index (χ0v) is 10.6. The first-order valence-electron chi connectivity index (χ1n) is 6.16. The lowest BCUT2D eigenvalue weighted by molar-refractivity contribution is 0.391. The Morgan fingerprint density at radius 1 is 1.33 bits per heavy atom. The summed E-state index contributed by atoms with van der Waals surface area (Å²) in [7, 11) is 0. The highest BCUT2D eigenvalue weighted by Gasteiger charge is 2.53. The van der Waals surface area contributed by atoms with E-state index >= 15 is 0 Å². The van der Waals surface area contributed by atoms with Gasteiger partial charge >= 0.3 is 0 Å². The number of nitrogens with one attached hydrogen (secondary N) is 1. The lowest BCUT2D eigenvalue weighted by atomic mass is 9.79. The van der Waals surface area contributed by atoms with Crippen LogP contribution in [-0.2, 0) is 5.41 Å². The molecule has 1 aromatic carbocycles. The molecule has 1 saturated carbocycles. The molecule has 0 spiro atoms. The third kappa shape index (κ3) is 1.62. The monoisotopic (exact) mass is 243 g/mol. The third-order valence-electron chi connectivity index (χ3n) is 4.00. The van der Waals surface area contributed by atoms with Gasteiger partial charge in [-0.3, -0.25) is 0 Å². The smallest absolute Gasteiger partial charge is 0.204 e. The molecule has 2 aromatic rings. The largest absolute Gasteiger partial charge is 0.325 e. The Morgan fingerprint density at radius 3 is 2.67 bits per heavy atom. The van der Waals surface area contributed by atoms with Crippen LogP contribution in [0.5, 0.6) is 0 Å². The van der Waals surface area contributed by atoms with Gasteiger partial charge in [0.05, 0.1) is 0 Å². The zero-order valence-electron chi connectivity index (χ0n) is 10.6. The fraction of sp³-hybridized carbons (Fsp3) is 0.462.